The van der Waals surface area contributed by atoms with E-state index in [4.69, 9.17) is 23.2 Å². The summed E-state index contributed by atoms with van der Waals surface area (Å²) < 4.78 is 24.7. The molecule has 10 heteroatoms. The van der Waals surface area contributed by atoms with Gasteiger partial charge in [-0.25, -0.2) is 8.42 Å². The van der Waals surface area contributed by atoms with Crippen molar-refractivity contribution in [1.82, 2.24) is 0 Å². The average molecular weight is 458 g/mol. The number of sulfone groups is 1. The molecule has 2 saturated heterocycles. The highest BCUT2D eigenvalue weighted by molar-refractivity contribution is 9.10. The fourth-order valence-electron chi connectivity index (χ4n) is 2.66. The molecule has 23 heavy (non-hydrogen) atoms. The molecular weight excluding hydrogens is 447 g/mol. The highest BCUT2D eigenvalue weighted by Gasteiger charge is 2.49. The molecule has 0 aliphatic carbocycles. The van der Waals surface area contributed by atoms with Crippen LogP contribution in [0, 0.1) is 0 Å². The van der Waals surface area contributed by atoms with Crippen LogP contribution in [0.2, 0.25) is 5.02 Å². The number of hydrogen-bond acceptors (Lipinski definition) is 4. The van der Waals surface area contributed by atoms with Crippen molar-refractivity contribution < 1.29 is 13.2 Å². The molecule has 2 unspecified atom stereocenters. The second kappa shape index (κ2) is 6.55. The number of carbonyl (C=O) groups is 1. The minimum atomic E-state index is -3.11. The fraction of sp³-hybridized carbons (Fsp3) is 0.385. The number of fused-ring (bicyclic) bond motifs is 1. The van der Waals surface area contributed by atoms with Crippen LogP contribution in [0.4, 0.5) is 5.69 Å². The smallest absolute Gasteiger partial charge is 0.262 e. The minimum Gasteiger partial charge on any atom is -0.314 e. The van der Waals surface area contributed by atoms with Gasteiger partial charge in [-0.2, -0.15) is 4.99 Å². The molecule has 0 aromatic heterocycles. The van der Waals surface area contributed by atoms with E-state index in [1.807, 2.05) is 6.07 Å². The van der Waals surface area contributed by atoms with Gasteiger partial charge in [-0.05, 0) is 18.2 Å². The summed E-state index contributed by atoms with van der Waals surface area (Å²) in [5.74, 6) is -0.596. The van der Waals surface area contributed by atoms with Gasteiger partial charge in [-0.3, -0.25) is 4.79 Å². The number of halogens is 3. The van der Waals surface area contributed by atoms with Crippen LogP contribution in [0.5, 0.6) is 0 Å². The maximum Gasteiger partial charge on any atom is 0.262 e. The van der Waals surface area contributed by atoms with Crippen LogP contribution in [-0.4, -0.2) is 48.2 Å². The highest BCUT2D eigenvalue weighted by Crippen LogP contribution is 2.43. The number of thioether (sulfide) groups is 1. The van der Waals surface area contributed by atoms with Gasteiger partial charge in [0, 0.05) is 9.72 Å². The lowest BCUT2D eigenvalue weighted by Crippen LogP contribution is -2.38. The number of amidine groups is 1. The van der Waals surface area contributed by atoms with Gasteiger partial charge in [0.15, 0.2) is 15.0 Å². The third-order valence-corrected chi connectivity index (χ3v) is 7.80. The van der Waals surface area contributed by atoms with Gasteiger partial charge < -0.3 is 4.90 Å². The summed E-state index contributed by atoms with van der Waals surface area (Å²) in [6.07, 6.45) is 0. The Morgan fingerprint density at radius 1 is 1.43 bits per heavy atom. The van der Waals surface area contributed by atoms with Crippen LogP contribution >= 0.6 is 50.9 Å². The quantitative estimate of drug-likeness (QED) is 0.638. The Bertz CT molecular complexity index is 800. The summed E-state index contributed by atoms with van der Waals surface area (Å²) in [5, 5.41) is 0.738. The van der Waals surface area contributed by atoms with E-state index in [1.165, 1.54) is 11.8 Å². The Kier molecular flexibility index (Phi) is 5.00. The highest BCUT2D eigenvalue weighted by atomic mass is 79.9. The van der Waals surface area contributed by atoms with Crippen molar-refractivity contribution in [1.29, 1.82) is 0 Å². The van der Waals surface area contributed by atoms with Crippen LogP contribution in [0.15, 0.2) is 27.7 Å². The zero-order valence-corrected chi connectivity index (χ0v) is 16.3. The number of aliphatic imine (C=N–C) groups is 1. The van der Waals surface area contributed by atoms with E-state index in [0.29, 0.717) is 15.9 Å². The molecule has 2 aliphatic heterocycles. The van der Waals surface area contributed by atoms with Gasteiger partial charge in [0.2, 0.25) is 0 Å². The minimum absolute atomic E-state index is 0.0190. The number of benzene rings is 1. The summed E-state index contributed by atoms with van der Waals surface area (Å²) in [7, 11) is -3.11. The molecule has 0 spiro atoms. The van der Waals surface area contributed by atoms with E-state index in [9.17, 15) is 13.2 Å². The summed E-state index contributed by atoms with van der Waals surface area (Å²) in [5.41, 5.74) is 0.632. The normalized spacial score (nSPS) is 27.4. The zero-order valence-electron chi connectivity index (χ0n) is 11.6. The van der Waals surface area contributed by atoms with Gasteiger partial charge in [-0.15, -0.1) is 11.6 Å². The SMILES string of the molecule is O=C(CCl)N=C1SC2CS(=O)(=O)CC2N1c1ccc(Br)cc1Cl. The van der Waals surface area contributed by atoms with Gasteiger partial charge in [0.05, 0.1) is 28.3 Å². The van der Waals surface area contributed by atoms with Crippen LogP contribution in [0.1, 0.15) is 0 Å². The summed E-state index contributed by atoms with van der Waals surface area (Å²) in [4.78, 5) is 17.4. The van der Waals surface area contributed by atoms with Crippen molar-refractivity contribution in [2.24, 2.45) is 4.99 Å². The van der Waals surface area contributed by atoms with Crippen molar-refractivity contribution in [3.05, 3.63) is 27.7 Å². The van der Waals surface area contributed by atoms with E-state index in [0.717, 1.165) is 4.47 Å². The van der Waals surface area contributed by atoms with E-state index < -0.39 is 15.7 Å². The molecule has 0 N–H and O–H groups in total. The third kappa shape index (κ3) is 3.56. The van der Waals surface area contributed by atoms with Crippen LogP contribution < -0.4 is 4.90 Å². The zero-order chi connectivity index (χ0) is 16.8. The molecular formula is C13H11BrCl2N2O3S2. The van der Waals surface area contributed by atoms with Crippen LogP contribution in [-0.2, 0) is 14.6 Å². The van der Waals surface area contributed by atoms with Gasteiger partial charge >= 0.3 is 0 Å². The van der Waals surface area contributed by atoms with Crippen molar-refractivity contribution in [2.45, 2.75) is 11.3 Å². The lowest BCUT2D eigenvalue weighted by Gasteiger charge is -2.25. The molecule has 2 atom stereocenters. The standard InChI is InChI=1S/C13H11BrCl2N2O3S2/c14-7-1-2-9(8(16)3-7)18-10-5-23(20,21)6-11(10)22-13(18)17-12(19)4-15/h1-3,10-11H,4-6H2. The molecule has 0 bridgehead atoms. The maximum absolute atomic E-state index is 11.9. The van der Waals surface area contributed by atoms with Crippen molar-refractivity contribution >= 4 is 77.5 Å². The summed E-state index contributed by atoms with van der Waals surface area (Å²) >= 11 is 16.5. The predicted octanol–water partition coefficient (Wildman–Crippen LogP) is 2.94. The molecule has 5 nitrogen and oxygen atoms in total. The number of carbonyl (C=O) groups excluding carboxylic acids is 1. The first-order chi connectivity index (χ1) is 10.8. The van der Waals surface area contributed by atoms with Crippen LogP contribution in [0.25, 0.3) is 0 Å². The molecule has 124 valence electrons. The first-order valence-electron chi connectivity index (χ1n) is 6.59. The van der Waals surface area contributed by atoms with Gasteiger partial charge in [0.1, 0.15) is 5.88 Å². The number of rotatable bonds is 2. The van der Waals surface area contributed by atoms with E-state index in [-0.39, 0.29) is 28.7 Å². The molecule has 0 saturated carbocycles. The molecule has 2 aliphatic rings. The lowest BCUT2D eigenvalue weighted by molar-refractivity contribution is -0.115. The largest absolute Gasteiger partial charge is 0.314 e. The third-order valence-electron chi connectivity index (χ3n) is 3.57. The maximum atomic E-state index is 11.9. The molecule has 1 aromatic carbocycles. The molecule has 0 radical (unpaired) electrons. The second-order valence-corrected chi connectivity index (χ2v) is 10.1. The lowest BCUT2D eigenvalue weighted by atomic mass is 10.2. The van der Waals surface area contributed by atoms with E-state index in [1.54, 1.807) is 17.0 Å². The number of hydrogen-bond donors (Lipinski definition) is 0. The summed E-state index contributed by atoms with van der Waals surface area (Å²) in [6, 6.07) is 5.02. The van der Waals surface area contributed by atoms with Crippen molar-refractivity contribution in [3.63, 3.8) is 0 Å². The molecule has 1 amide bonds. The monoisotopic (exact) mass is 456 g/mol. The number of nitrogens with zero attached hydrogens (tertiary/aromatic N) is 2. The topological polar surface area (TPSA) is 66.8 Å². The van der Waals surface area contributed by atoms with E-state index in [2.05, 4.69) is 20.9 Å². The predicted molar refractivity (Wildman–Crippen MR) is 98.6 cm³/mol. The number of anilines is 1. The number of amides is 1. The Balaban J connectivity index is 2.06. The molecule has 2 fully saturated rings. The Hall–Kier alpha value is -0.280. The summed E-state index contributed by atoms with van der Waals surface area (Å²) in [6.45, 7) is 0. The second-order valence-electron chi connectivity index (χ2n) is 5.19. The fourth-order valence-corrected chi connectivity index (χ4v) is 7.41. The first-order valence-corrected chi connectivity index (χ1v) is 11.0. The number of alkyl halides is 1. The first kappa shape index (κ1) is 17.5. The van der Waals surface area contributed by atoms with Gasteiger partial charge in [0.25, 0.3) is 5.91 Å². The Labute approximate surface area is 156 Å². The Morgan fingerprint density at radius 3 is 2.83 bits per heavy atom. The average Bonchev–Trinajstić information content (AvgIpc) is 2.91. The van der Waals surface area contributed by atoms with Gasteiger partial charge in [-0.1, -0.05) is 39.3 Å². The Morgan fingerprint density at radius 2 is 2.17 bits per heavy atom. The molecule has 1 aromatic rings. The van der Waals surface area contributed by atoms with Crippen molar-refractivity contribution in [3.8, 4) is 0 Å². The van der Waals surface area contributed by atoms with Crippen molar-refractivity contribution in [2.75, 3.05) is 22.3 Å². The van der Waals surface area contributed by atoms with E-state index >= 15 is 0 Å². The molecule has 3 rings (SSSR count). The molecule has 2 heterocycles. The van der Waals surface area contributed by atoms with Crippen LogP contribution in [0.3, 0.4) is 0 Å².